The molecule has 0 bridgehead atoms. The van der Waals surface area contributed by atoms with Crippen molar-refractivity contribution in [1.29, 1.82) is 0 Å². The molecule has 1 atom stereocenters. The third-order valence-electron chi connectivity index (χ3n) is 2.53. The van der Waals surface area contributed by atoms with E-state index in [1.165, 1.54) is 6.07 Å². The zero-order valence-corrected chi connectivity index (χ0v) is 10.5. The quantitative estimate of drug-likeness (QED) is 0.554. The summed E-state index contributed by atoms with van der Waals surface area (Å²) in [5.74, 6) is -1.72. The maximum Gasteiger partial charge on any atom is 0.248 e. The normalized spacial score (nSPS) is 11.7. The van der Waals surface area contributed by atoms with Crippen LogP contribution in [-0.2, 0) is 9.59 Å². The average molecular weight is 264 g/mol. The first-order chi connectivity index (χ1) is 8.81. The van der Waals surface area contributed by atoms with Gasteiger partial charge in [0.1, 0.15) is 0 Å². The van der Waals surface area contributed by atoms with Crippen molar-refractivity contribution in [2.24, 2.45) is 17.2 Å². The van der Waals surface area contributed by atoms with Crippen LogP contribution in [-0.4, -0.2) is 23.8 Å². The molecular formula is C12H16N4O3. The summed E-state index contributed by atoms with van der Waals surface area (Å²) in [6.07, 6.45) is -0.232. The average Bonchev–Trinajstić information content (AvgIpc) is 2.30. The fourth-order valence-corrected chi connectivity index (χ4v) is 1.49. The molecule has 1 unspecified atom stereocenters. The van der Waals surface area contributed by atoms with Gasteiger partial charge in [-0.2, -0.15) is 0 Å². The maximum absolute atomic E-state index is 11.7. The summed E-state index contributed by atoms with van der Waals surface area (Å²) in [5, 5.41) is 2.56. The van der Waals surface area contributed by atoms with Gasteiger partial charge in [-0.1, -0.05) is 0 Å². The van der Waals surface area contributed by atoms with Gasteiger partial charge in [-0.25, -0.2) is 0 Å². The Kier molecular flexibility index (Phi) is 4.60. The summed E-state index contributed by atoms with van der Waals surface area (Å²) in [7, 11) is 0. The second kappa shape index (κ2) is 5.96. The number of hydrogen-bond acceptors (Lipinski definition) is 4. The lowest BCUT2D eigenvalue weighted by Crippen LogP contribution is -2.39. The van der Waals surface area contributed by atoms with E-state index in [-0.39, 0.29) is 6.42 Å². The Morgan fingerprint density at radius 3 is 2.37 bits per heavy atom. The monoisotopic (exact) mass is 264 g/mol. The Hall–Kier alpha value is -2.41. The van der Waals surface area contributed by atoms with Crippen molar-refractivity contribution in [3.05, 3.63) is 29.3 Å². The van der Waals surface area contributed by atoms with Gasteiger partial charge in [0, 0.05) is 11.3 Å². The summed E-state index contributed by atoms with van der Waals surface area (Å²) in [6.45, 7) is 1.71. The summed E-state index contributed by atoms with van der Waals surface area (Å²) in [4.78, 5) is 33.3. The van der Waals surface area contributed by atoms with E-state index >= 15 is 0 Å². The van der Waals surface area contributed by atoms with Gasteiger partial charge in [-0.15, -0.1) is 0 Å². The number of hydrogen-bond donors (Lipinski definition) is 4. The molecule has 0 aliphatic heterocycles. The number of nitrogens with one attached hydrogen (secondary N) is 1. The zero-order valence-electron chi connectivity index (χ0n) is 10.5. The Morgan fingerprint density at radius 1 is 1.26 bits per heavy atom. The fourth-order valence-electron chi connectivity index (χ4n) is 1.49. The van der Waals surface area contributed by atoms with Crippen molar-refractivity contribution in [3.63, 3.8) is 0 Å². The largest absolute Gasteiger partial charge is 0.370 e. The van der Waals surface area contributed by atoms with Gasteiger partial charge >= 0.3 is 0 Å². The van der Waals surface area contributed by atoms with Gasteiger partial charge in [0.15, 0.2) is 0 Å². The van der Waals surface area contributed by atoms with Gasteiger partial charge in [0.25, 0.3) is 0 Å². The van der Waals surface area contributed by atoms with Crippen LogP contribution in [0.3, 0.4) is 0 Å². The van der Waals surface area contributed by atoms with Crippen LogP contribution in [0.1, 0.15) is 22.3 Å². The number of aryl methyl sites for hydroxylation is 1. The highest BCUT2D eigenvalue weighted by Crippen LogP contribution is 2.16. The van der Waals surface area contributed by atoms with Crippen LogP contribution >= 0.6 is 0 Å². The van der Waals surface area contributed by atoms with E-state index < -0.39 is 23.8 Å². The van der Waals surface area contributed by atoms with Crippen molar-refractivity contribution >= 4 is 23.4 Å². The van der Waals surface area contributed by atoms with Crippen LogP contribution in [0.15, 0.2) is 18.2 Å². The fraction of sp³-hybridized carbons (Fsp3) is 0.250. The van der Waals surface area contributed by atoms with Crippen LogP contribution in [0.25, 0.3) is 0 Å². The molecule has 7 N–H and O–H groups in total. The topological polar surface area (TPSA) is 141 Å². The standard InChI is InChI=1S/C12H16N4O3/c1-6-4-7(11(15)18)2-3-9(6)16-12(19)8(13)5-10(14)17/h2-4,8H,5,13H2,1H3,(H2,14,17)(H2,15,18)(H,16,19). The minimum atomic E-state index is -1.01. The minimum Gasteiger partial charge on any atom is -0.370 e. The first kappa shape index (κ1) is 14.7. The van der Waals surface area contributed by atoms with Gasteiger partial charge in [0.05, 0.1) is 12.5 Å². The molecule has 0 saturated carbocycles. The van der Waals surface area contributed by atoms with Gasteiger partial charge in [0.2, 0.25) is 17.7 Å². The second-order valence-electron chi connectivity index (χ2n) is 4.16. The highest BCUT2D eigenvalue weighted by atomic mass is 16.2. The minimum absolute atomic E-state index is 0.232. The highest BCUT2D eigenvalue weighted by molar-refractivity contribution is 5.99. The van der Waals surface area contributed by atoms with Crippen molar-refractivity contribution in [3.8, 4) is 0 Å². The molecule has 7 heteroatoms. The third-order valence-corrected chi connectivity index (χ3v) is 2.53. The van der Waals surface area contributed by atoms with Crippen LogP contribution in [0.4, 0.5) is 5.69 Å². The molecule has 19 heavy (non-hydrogen) atoms. The predicted molar refractivity (Wildman–Crippen MR) is 70.1 cm³/mol. The zero-order chi connectivity index (χ0) is 14.6. The summed E-state index contributed by atoms with van der Waals surface area (Å²) < 4.78 is 0. The van der Waals surface area contributed by atoms with Crippen molar-refractivity contribution < 1.29 is 14.4 Å². The van der Waals surface area contributed by atoms with E-state index in [1.54, 1.807) is 19.1 Å². The maximum atomic E-state index is 11.7. The molecule has 0 spiro atoms. The molecule has 7 nitrogen and oxygen atoms in total. The van der Waals surface area contributed by atoms with E-state index in [9.17, 15) is 14.4 Å². The van der Waals surface area contributed by atoms with E-state index in [2.05, 4.69) is 5.32 Å². The number of nitrogens with two attached hydrogens (primary N) is 3. The van der Waals surface area contributed by atoms with E-state index in [0.717, 1.165) is 0 Å². The van der Waals surface area contributed by atoms with Crippen molar-refractivity contribution in [2.45, 2.75) is 19.4 Å². The van der Waals surface area contributed by atoms with Crippen LogP contribution < -0.4 is 22.5 Å². The number of amides is 3. The van der Waals surface area contributed by atoms with Gasteiger partial charge in [-0.05, 0) is 30.7 Å². The number of primary amides is 2. The lowest BCUT2D eigenvalue weighted by molar-refractivity contribution is -0.123. The number of carbonyl (C=O) groups excluding carboxylic acids is 3. The molecule has 1 aromatic rings. The first-order valence-corrected chi connectivity index (χ1v) is 5.56. The van der Waals surface area contributed by atoms with E-state index in [0.29, 0.717) is 16.8 Å². The Labute approximate surface area is 110 Å². The molecule has 1 aromatic carbocycles. The van der Waals surface area contributed by atoms with Crippen molar-refractivity contribution in [2.75, 3.05) is 5.32 Å². The lowest BCUT2D eigenvalue weighted by atomic mass is 10.1. The molecule has 1 rings (SSSR count). The second-order valence-corrected chi connectivity index (χ2v) is 4.16. The number of carbonyl (C=O) groups is 3. The smallest absolute Gasteiger partial charge is 0.248 e. The van der Waals surface area contributed by atoms with E-state index in [1.807, 2.05) is 0 Å². The Balaban J connectivity index is 2.80. The van der Waals surface area contributed by atoms with Crippen LogP contribution in [0, 0.1) is 6.92 Å². The summed E-state index contributed by atoms with van der Waals surface area (Å²) in [6, 6.07) is 3.58. The first-order valence-electron chi connectivity index (χ1n) is 5.56. The van der Waals surface area contributed by atoms with E-state index in [4.69, 9.17) is 17.2 Å². The molecule has 102 valence electrons. The summed E-state index contributed by atoms with van der Waals surface area (Å²) >= 11 is 0. The molecule has 0 aliphatic carbocycles. The summed E-state index contributed by atoms with van der Waals surface area (Å²) in [5.41, 5.74) is 17.1. The highest BCUT2D eigenvalue weighted by Gasteiger charge is 2.17. The number of rotatable bonds is 5. The number of benzene rings is 1. The Morgan fingerprint density at radius 2 is 1.89 bits per heavy atom. The SMILES string of the molecule is Cc1cc(C(N)=O)ccc1NC(=O)C(N)CC(N)=O. The predicted octanol–water partition coefficient (Wildman–Crippen LogP) is -0.765. The van der Waals surface area contributed by atoms with Gasteiger partial charge in [-0.3, -0.25) is 14.4 Å². The number of anilines is 1. The molecule has 0 radical (unpaired) electrons. The van der Waals surface area contributed by atoms with Crippen LogP contribution in [0.2, 0.25) is 0 Å². The van der Waals surface area contributed by atoms with Gasteiger partial charge < -0.3 is 22.5 Å². The van der Waals surface area contributed by atoms with Crippen molar-refractivity contribution in [1.82, 2.24) is 0 Å². The molecule has 0 fully saturated rings. The molecule has 0 aromatic heterocycles. The molecule has 3 amide bonds. The molecular weight excluding hydrogens is 248 g/mol. The molecule has 0 heterocycles. The van der Waals surface area contributed by atoms with Crippen LogP contribution in [0.5, 0.6) is 0 Å². The Bertz CT molecular complexity index is 528. The lowest BCUT2D eigenvalue weighted by Gasteiger charge is -2.13. The molecule has 0 saturated heterocycles. The molecule has 0 aliphatic rings. The third kappa shape index (κ3) is 4.07.